The molecule has 3 nitrogen and oxygen atoms in total. The maximum Gasteiger partial charge on any atom is 0.122 e. The maximum atomic E-state index is 5.45. The Balaban J connectivity index is 2.16. The molecule has 0 saturated heterocycles. The van der Waals surface area contributed by atoms with Crippen LogP contribution in [0.15, 0.2) is 48.9 Å². The monoisotopic (exact) mass is 252 g/mol. The van der Waals surface area contributed by atoms with E-state index in [0.717, 1.165) is 28.9 Å². The van der Waals surface area contributed by atoms with Gasteiger partial charge in [-0.2, -0.15) is 0 Å². The Morgan fingerprint density at radius 1 is 1.21 bits per heavy atom. The molecule has 0 saturated carbocycles. The van der Waals surface area contributed by atoms with Gasteiger partial charge in [0.25, 0.3) is 0 Å². The van der Waals surface area contributed by atoms with Gasteiger partial charge in [0, 0.05) is 11.8 Å². The van der Waals surface area contributed by atoms with Gasteiger partial charge in [-0.3, -0.25) is 0 Å². The van der Waals surface area contributed by atoms with Gasteiger partial charge in [0.1, 0.15) is 5.75 Å². The van der Waals surface area contributed by atoms with E-state index in [0.29, 0.717) is 0 Å². The molecule has 3 rings (SSSR count). The molecule has 2 heterocycles. The molecule has 0 aliphatic carbocycles. The number of hydrogen-bond acceptors (Lipinski definition) is 2. The van der Waals surface area contributed by atoms with Gasteiger partial charge < -0.3 is 9.14 Å². The molecule has 1 aromatic carbocycles. The van der Waals surface area contributed by atoms with Crippen LogP contribution < -0.4 is 4.74 Å². The Morgan fingerprint density at radius 2 is 2.11 bits per heavy atom. The van der Waals surface area contributed by atoms with Gasteiger partial charge >= 0.3 is 0 Å². The smallest absolute Gasteiger partial charge is 0.122 e. The summed E-state index contributed by atoms with van der Waals surface area (Å²) in [5.41, 5.74) is 4.40. The molecule has 0 spiro atoms. The lowest BCUT2D eigenvalue weighted by Gasteiger charge is -2.08. The van der Waals surface area contributed by atoms with E-state index in [-0.39, 0.29) is 0 Å². The fourth-order valence-corrected chi connectivity index (χ4v) is 2.35. The molecule has 0 bridgehead atoms. The molecule has 2 aromatic heterocycles. The molecule has 0 fully saturated rings. The first-order valence-corrected chi connectivity index (χ1v) is 6.42. The number of methoxy groups -OCH3 is 1. The van der Waals surface area contributed by atoms with E-state index in [2.05, 4.69) is 36.2 Å². The first kappa shape index (κ1) is 11.8. The third kappa shape index (κ3) is 1.97. The number of imidazole rings is 1. The first-order valence-electron chi connectivity index (χ1n) is 6.42. The zero-order valence-electron chi connectivity index (χ0n) is 11.1. The van der Waals surface area contributed by atoms with Crippen molar-refractivity contribution in [2.45, 2.75) is 13.3 Å². The van der Waals surface area contributed by atoms with Crippen molar-refractivity contribution in [2.75, 3.05) is 7.11 Å². The topological polar surface area (TPSA) is 26.5 Å². The van der Waals surface area contributed by atoms with Crippen LogP contribution in [0.5, 0.6) is 5.75 Å². The quantitative estimate of drug-likeness (QED) is 0.712. The predicted molar refractivity (Wildman–Crippen MR) is 76.6 cm³/mol. The van der Waals surface area contributed by atoms with E-state index in [4.69, 9.17) is 4.74 Å². The summed E-state index contributed by atoms with van der Waals surface area (Å²) in [5, 5.41) is 0. The summed E-state index contributed by atoms with van der Waals surface area (Å²) in [4.78, 5) is 4.50. The molecule has 0 radical (unpaired) electrons. The van der Waals surface area contributed by atoms with Crippen LogP contribution in [0.3, 0.4) is 0 Å². The van der Waals surface area contributed by atoms with Gasteiger partial charge in [-0.1, -0.05) is 25.1 Å². The minimum Gasteiger partial charge on any atom is -0.496 e. The first-order chi connectivity index (χ1) is 9.33. The highest BCUT2D eigenvalue weighted by Gasteiger charge is 2.09. The second kappa shape index (κ2) is 4.76. The van der Waals surface area contributed by atoms with E-state index in [1.54, 1.807) is 7.11 Å². The van der Waals surface area contributed by atoms with Gasteiger partial charge in [0.05, 0.1) is 24.6 Å². The number of rotatable bonds is 3. The van der Waals surface area contributed by atoms with Crippen LogP contribution >= 0.6 is 0 Å². The summed E-state index contributed by atoms with van der Waals surface area (Å²) in [6.45, 7) is 2.13. The molecule has 3 heteroatoms. The highest BCUT2D eigenvalue weighted by atomic mass is 16.5. The average Bonchev–Trinajstić information content (AvgIpc) is 2.90. The lowest BCUT2D eigenvalue weighted by Crippen LogP contribution is -1.91. The van der Waals surface area contributed by atoms with Crippen molar-refractivity contribution in [3.8, 4) is 17.0 Å². The average molecular weight is 252 g/mol. The normalized spacial score (nSPS) is 10.8. The van der Waals surface area contributed by atoms with Crippen molar-refractivity contribution in [1.29, 1.82) is 0 Å². The Bertz CT molecular complexity index is 716. The number of hydrogen-bond donors (Lipinski definition) is 0. The number of pyridine rings is 1. The molecule has 96 valence electrons. The van der Waals surface area contributed by atoms with Gasteiger partial charge in [-0.05, 0) is 30.2 Å². The lowest BCUT2D eigenvalue weighted by atomic mass is 10.1. The molecule has 3 aromatic rings. The number of aryl methyl sites for hydroxylation is 1. The summed E-state index contributed by atoms with van der Waals surface area (Å²) in [6.07, 6.45) is 4.81. The number of benzene rings is 1. The Labute approximate surface area is 112 Å². The zero-order chi connectivity index (χ0) is 13.2. The molecular formula is C16H16N2O. The highest BCUT2D eigenvalue weighted by molar-refractivity contribution is 5.78. The predicted octanol–water partition coefficient (Wildman–Crippen LogP) is 3.57. The standard InChI is InChI=1S/C16H16N2O/c1-3-12-7-8-13(10-15(12)19-2)16-14-6-4-5-9-18(14)11-17-16/h4-11H,3H2,1-2H3. The lowest BCUT2D eigenvalue weighted by molar-refractivity contribution is 0.410. The molecular weight excluding hydrogens is 236 g/mol. The van der Waals surface area contributed by atoms with Crippen LogP contribution in [0, 0.1) is 0 Å². The second-order valence-corrected chi connectivity index (χ2v) is 4.47. The van der Waals surface area contributed by atoms with Crippen LogP contribution in [-0.4, -0.2) is 16.5 Å². The van der Waals surface area contributed by atoms with Gasteiger partial charge in [0.15, 0.2) is 0 Å². The Morgan fingerprint density at radius 3 is 2.89 bits per heavy atom. The second-order valence-electron chi connectivity index (χ2n) is 4.47. The minimum atomic E-state index is 0.928. The van der Waals surface area contributed by atoms with E-state index >= 15 is 0 Å². The summed E-state index contributed by atoms with van der Waals surface area (Å²) in [7, 11) is 1.71. The van der Waals surface area contributed by atoms with Crippen LogP contribution in [0.2, 0.25) is 0 Å². The van der Waals surface area contributed by atoms with Crippen molar-refractivity contribution in [3.05, 3.63) is 54.5 Å². The van der Waals surface area contributed by atoms with Gasteiger partial charge in [-0.25, -0.2) is 4.98 Å². The number of aromatic nitrogens is 2. The fourth-order valence-electron chi connectivity index (χ4n) is 2.35. The van der Waals surface area contributed by atoms with Crippen LogP contribution in [0.1, 0.15) is 12.5 Å². The minimum absolute atomic E-state index is 0.928. The molecule has 0 atom stereocenters. The highest BCUT2D eigenvalue weighted by Crippen LogP contribution is 2.29. The summed E-state index contributed by atoms with van der Waals surface area (Å²) in [6, 6.07) is 12.4. The summed E-state index contributed by atoms with van der Waals surface area (Å²) < 4.78 is 7.48. The zero-order valence-corrected chi connectivity index (χ0v) is 11.1. The summed E-state index contributed by atoms with van der Waals surface area (Å²) >= 11 is 0. The van der Waals surface area contributed by atoms with Crippen LogP contribution in [0.25, 0.3) is 16.8 Å². The molecule has 0 amide bonds. The van der Waals surface area contributed by atoms with Crippen molar-refractivity contribution < 1.29 is 4.74 Å². The molecule has 19 heavy (non-hydrogen) atoms. The Kier molecular flexibility index (Phi) is 2.95. The number of ether oxygens (including phenoxy) is 1. The third-order valence-corrected chi connectivity index (χ3v) is 3.39. The van der Waals surface area contributed by atoms with Gasteiger partial charge in [0.2, 0.25) is 0 Å². The van der Waals surface area contributed by atoms with E-state index in [1.165, 1.54) is 5.56 Å². The molecule has 0 aliphatic rings. The van der Waals surface area contributed by atoms with E-state index in [1.807, 2.05) is 29.1 Å². The van der Waals surface area contributed by atoms with Gasteiger partial charge in [-0.15, -0.1) is 0 Å². The molecule has 0 aliphatic heterocycles. The molecule has 0 unspecified atom stereocenters. The largest absolute Gasteiger partial charge is 0.496 e. The van der Waals surface area contributed by atoms with Crippen molar-refractivity contribution >= 4 is 5.52 Å². The van der Waals surface area contributed by atoms with Crippen molar-refractivity contribution in [3.63, 3.8) is 0 Å². The van der Waals surface area contributed by atoms with E-state index in [9.17, 15) is 0 Å². The summed E-state index contributed by atoms with van der Waals surface area (Å²) in [5.74, 6) is 0.928. The number of fused-ring (bicyclic) bond motifs is 1. The number of nitrogens with zero attached hydrogens (tertiary/aromatic N) is 2. The fraction of sp³-hybridized carbons (Fsp3) is 0.188. The van der Waals surface area contributed by atoms with Crippen LogP contribution in [-0.2, 0) is 6.42 Å². The van der Waals surface area contributed by atoms with Crippen LogP contribution in [0.4, 0.5) is 0 Å². The van der Waals surface area contributed by atoms with Crippen molar-refractivity contribution in [1.82, 2.24) is 9.38 Å². The van der Waals surface area contributed by atoms with Crippen molar-refractivity contribution in [2.24, 2.45) is 0 Å². The third-order valence-electron chi connectivity index (χ3n) is 3.39. The maximum absolute atomic E-state index is 5.45. The molecule has 0 N–H and O–H groups in total. The SMILES string of the molecule is CCc1ccc(-c2ncn3ccccc23)cc1OC. The van der Waals surface area contributed by atoms with E-state index < -0.39 is 0 Å². The Hall–Kier alpha value is -2.29.